The summed E-state index contributed by atoms with van der Waals surface area (Å²) in [5.41, 5.74) is 0.287. The number of rotatable bonds is 5. The highest BCUT2D eigenvalue weighted by Gasteiger charge is 2.29. The molecule has 3 heteroatoms. The predicted octanol–water partition coefficient (Wildman–Crippen LogP) is 1.73. The van der Waals surface area contributed by atoms with Crippen molar-refractivity contribution in [2.45, 2.75) is 45.2 Å². The summed E-state index contributed by atoms with van der Waals surface area (Å²) in [6.07, 6.45) is 2.32. The van der Waals surface area contributed by atoms with Crippen molar-refractivity contribution < 1.29 is 4.74 Å². The Morgan fingerprint density at radius 1 is 1.44 bits per heavy atom. The van der Waals surface area contributed by atoms with Gasteiger partial charge in [-0.1, -0.05) is 6.92 Å². The van der Waals surface area contributed by atoms with Gasteiger partial charge in [-0.15, -0.1) is 0 Å². The maximum absolute atomic E-state index is 5.59. The van der Waals surface area contributed by atoms with Gasteiger partial charge in [-0.05, 0) is 40.8 Å². The van der Waals surface area contributed by atoms with Crippen LogP contribution in [0.15, 0.2) is 0 Å². The maximum Gasteiger partial charge on any atom is 0.0521 e. The molecule has 1 aliphatic rings. The Balaban J connectivity index is 2.51. The second kappa shape index (κ2) is 5.99. The summed E-state index contributed by atoms with van der Waals surface area (Å²) in [5, 5.41) is 3.42. The fourth-order valence-electron chi connectivity index (χ4n) is 2.23. The average molecular weight is 228 g/mol. The molecule has 0 amide bonds. The Labute approximate surface area is 101 Å². The lowest BCUT2D eigenvalue weighted by Gasteiger charge is -2.40. The van der Waals surface area contributed by atoms with Gasteiger partial charge < -0.3 is 15.0 Å². The monoisotopic (exact) mass is 228 g/mol. The molecular formula is C13H28N2O. The van der Waals surface area contributed by atoms with Gasteiger partial charge in [0.15, 0.2) is 0 Å². The minimum absolute atomic E-state index is 0.287. The molecule has 0 aromatic rings. The molecule has 0 radical (unpaired) electrons. The molecule has 1 saturated heterocycles. The molecule has 0 aromatic heterocycles. The molecule has 1 rings (SSSR count). The van der Waals surface area contributed by atoms with Crippen molar-refractivity contribution in [3.63, 3.8) is 0 Å². The van der Waals surface area contributed by atoms with Gasteiger partial charge in [0.2, 0.25) is 0 Å². The van der Waals surface area contributed by atoms with Gasteiger partial charge in [-0.25, -0.2) is 0 Å². The van der Waals surface area contributed by atoms with Gasteiger partial charge in [-0.3, -0.25) is 0 Å². The summed E-state index contributed by atoms with van der Waals surface area (Å²) in [7, 11) is 4.29. The highest BCUT2D eigenvalue weighted by atomic mass is 16.5. The van der Waals surface area contributed by atoms with E-state index < -0.39 is 0 Å². The van der Waals surface area contributed by atoms with Crippen LogP contribution in [-0.4, -0.2) is 50.3 Å². The van der Waals surface area contributed by atoms with E-state index in [0.29, 0.717) is 12.0 Å². The van der Waals surface area contributed by atoms with E-state index in [1.807, 2.05) is 0 Å². The molecule has 0 aliphatic carbocycles. The Hall–Kier alpha value is -0.120. The first-order chi connectivity index (χ1) is 7.51. The Kier molecular flexibility index (Phi) is 5.22. The van der Waals surface area contributed by atoms with Crippen LogP contribution in [0.4, 0.5) is 0 Å². The lowest BCUT2D eigenvalue weighted by molar-refractivity contribution is 0.00685. The van der Waals surface area contributed by atoms with Crippen LogP contribution in [0.1, 0.15) is 33.6 Å². The van der Waals surface area contributed by atoms with Crippen LogP contribution in [0.3, 0.4) is 0 Å². The second-order valence-electron chi connectivity index (χ2n) is 5.57. The topological polar surface area (TPSA) is 24.5 Å². The largest absolute Gasteiger partial charge is 0.381 e. The van der Waals surface area contributed by atoms with Crippen molar-refractivity contribution in [2.24, 2.45) is 5.92 Å². The van der Waals surface area contributed by atoms with E-state index >= 15 is 0 Å². The van der Waals surface area contributed by atoms with Crippen LogP contribution in [0.2, 0.25) is 0 Å². The summed E-state index contributed by atoms with van der Waals surface area (Å²) in [4.78, 5) is 2.47. The third-order valence-electron chi connectivity index (χ3n) is 4.25. The number of hydrogen-bond acceptors (Lipinski definition) is 3. The minimum atomic E-state index is 0.287. The summed E-state index contributed by atoms with van der Waals surface area (Å²) >= 11 is 0. The van der Waals surface area contributed by atoms with Crippen molar-refractivity contribution in [1.82, 2.24) is 10.2 Å². The molecular weight excluding hydrogens is 200 g/mol. The van der Waals surface area contributed by atoms with Crippen molar-refractivity contribution in [1.29, 1.82) is 0 Å². The molecule has 3 nitrogen and oxygen atoms in total. The highest BCUT2D eigenvalue weighted by Crippen LogP contribution is 2.21. The number of ether oxygens (including phenoxy) is 1. The molecule has 2 atom stereocenters. The van der Waals surface area contributed by atoms with Crippen LogP contribution < -0.4 is 5.32 Å². The minimum Gasteiger partial charge on any atom is -0.381 e. The lowest BCUT2D eigenvalue weighted by Crippen LogP contribution is -2.50. The third kappa shape index (κ3) is 3.44. The van der Waals surface area contributed by atoms with E-state index in [1.54, 1.807) is 0 Å². The van der Waals surface area contributed by atoms with Crippen LogP contribution in [0, 0.1) is 5.92 Å². The van der Waals surface area contributed by atoms with Crippen molar-refractivity contribution >= 4 is 0 Å². The zero-order chi connectivity index (χ0) is 12.2. The highest BCUT2D eigenvalue weighted by molar-refractivity contribution is 4.85. The van der Waals surface area contributed by atoms with Crippen LogP contribution >= 0.6 is 0 Å². The molecule has 96 valence electrons. The van der Waals surface area contributed by atoms with E-state index in [0.717, 1.165) is 26.2 Å². The van der Waals surface area contributed by atoms with E-state index in [1.165, 1.54) is 6.42 Å². The summed E-state index contributed by atoms with van der Waals surface area (Å²) < 4.78 is 5.59. The summed E-state index contributed by atoms with van der Waals surface area (Å²) in [6, 6.07) is 0.615. The Morgan fingerprint density at radius 2 is 2.12 bits per heavy atom. The first-order valence-corrected chi connectivity index (χ1v) is 6.47. The van der Waals surface area contributed by atoms with E-state index in [9.17, 15) is 0 Å². The molecule has 0 bridgehead atoms. The van der Waals surface area contributed by atoms with E-state index in [4.69, 9.17) is 4.74 Å². The SMILES string of the molecule is CCC(C)(C)N(C)CC1COCCC1NC. The number of hydrogen-bond donors (Lipinski definition) is 1. The molecule has 0 spiro atoms. The molecule has 0 aromatic carbocycles. The number of nitrogens with zero attached hydrogens (tertiary/aromatic N) is 1. The molecule has 1 heterocycles. The molecule has 1 fully saturated rings. The summed E-state index contributed by atoms with van der Waals surface area (Å²) in [5.74, 6) is 0.620. The van der Waals surface area contributed by atoms with Crippen LogP contribution in [0.25, 0.3) is 0 Å². The fourth-order valence-corrected chi connectivity index (χ4v) is 2.23. The maximum atomic E-state index is 5.59. The van der Waals surface area contributed by atoms with Crippen molar-refractivity contribution in [2.75, 3.05) is 33.9 Å². The fraction of sp³-hybridized carbons (Fsp3) is 1.00. The first kappa shape index (κ1) is 13.9. The van der Waals surface area contributed by atoms with Crippen molar-refractivity contribution in [3.05, 3.63) is 0 Å². The quantitative estimate of drug-likeness (QED) is 0.775. The zero-order valence-corrected chi connectivity index (χ0v) is 11.5. The van der Waals surface area contributed by atoms with Gasteiger partial charge in [0.25, 0.3) is 0 Å². The number of nitrogens with one attached hydrogen (secondary N) is 1. The normalized spacial score (nSPS) is 27.4. The van der Waals surface area contributed by atoms with Gasteiger partial charge in [0.05, 0.1) is 6.61 Å². The van der Waals surface area contributed by atoms with E-state index in [-0.39, 0.29) is 5.54 Å². The standard InChI is InChI=1S/C13H28N2O/c1-6-13(2,3)15(5)9-11-10-16-8-7-12(11)14-4/h11-12,14H,6-10H2,1-5H3. The van der Waals surface area contributed by atoms with Crippen molar-refractivity contribution in [3.8, 4) is 0 Å². The molecule has 1 N–H and O–H groups in total. The second-order valence-corrected chi connectivity index (χ2v) is 5.57. The Bertz CT molecular complexity index is 206. The van der Waals surface area contributed by atoms with Gasteiger partial charge in [0, 0.05) is 30.7 Å². The molecule has 16 heavy (non-hydrogen) atoms. The zero-order valence-electron chi connectivity index (χ0n) is 11.5. The predicted molar refractivity (Wildman–Crippen MR) is 68.8 cm³/mol. The van der Waals surface area contributed by atoms with Crippen LogP contribution in [-0.2, 0) is 4.74 Å². The van der Waals surface area contributed by atoms with Gasteiger partial charge in [0.1, 0.15) is 0 Å². The van der Waals surface area contributed by atoms with Gasteiger partial charge >= 0.3 is 0 Å². The lowest BCUT2D eigenvalue weighted by atomic mass is 9.92. The Morgan fingerprint density at radius 3 is 2.69 bits per heavy atom. The molecule has 1 aliphatic heterocycles. The first-order valence-electron chi connectivity index (χ1n) is 6.47. The average Bonchev–Trinajstić information content (AvgIpc) is 2.29. The summed E-state index contributed by atoms with van der Waals surface area (Å²) in [6.45, 7) is 9.80. The molecule has 0 saturated carbocycles. The third-order valence-corrected chi connectivity index (χ3v) is 4.25. The van der Waals surface area contributed by atoms with Crippen LogP contribution in [0.5, 0.6) is 0 Å². The smallest absolute Gasteiger partial charge is 0.0521 e. The molecule has 2 unspecified atom stereocenters. The van der Waals surface area contributed by atoms with Gasteiger partial charge in [-0.2, -0.15) is 0 Å². The van der Waals surface area contributed by atoms with E-state index in [2.05, 4.69) is 45.1 Å².